The lowest BCUT2D eigenvalue weighted by Crippen LogP contribution is -2.48. The van der Waals surface area contributed by atoms with Crippen LogP contribution in [0.4, 0.5) is 4.79 Å². The zero-order chi connectivity index (χ0) is 14.5. The molecule has 0 aromatic heterocycles. The summed E-state index contributed by atoms with van der Waals surface area (Å²) in [6.07, 6.45) is 3.98. The third kappa shape index (κ3) is 4.10. The number of rotatable bonds is 6. The molecular weight excluding hydrogens is 260 g/mol. The number of piperidine rings is 1. The summed E-state index contributed by atoms with van der Waals surface area (Å²) in [6, 6.07) is 0.281. The lowest BCUT2D eigenvalue weighted by molar-refractivity contribution is -0.137. The van der Waals surface area contributed by atoms with Crippen LogP contribution in [0.2, 0.25) is 0 Å². The average Bonchev–Trinajstić information content (AvgIpc) is 3.24. The third-order valence-corrected chi connectivity index (χ3v) is 4.09. The molecule has 1 heterocycles. The first kappa shape index (κ1) is 15.1. The van der Waals surface area contributed by atoms with E-state index in [9.17, 15) is 9.59 Å². The lowest BCUT2D eigenvalue weighted by atomic mass is 9.98. The number of carboxylic acid groups (broad SMARTS) is 1. The van der Waals surface area contributed by atoms with E-state index in [4.69, 9.17) is 9.84 Å². The van der Waals surface area contributed by atoms with Gasteiger partial charge in [0, 0.05) is 39.4 Å². The summed E-state index contributed by atoms with van der Waals surface area (Å²) in [6.45, 7) is 2.59. The minimum absolute atomic E-state index is 0.0182. The lowest BCUT2D eigenvalue weighted by Gasteiger charge is -2.35. The third-order valence-electron chi connectivity index (χ3n) is 4.09. The van der Waals surface area contributed by atoms with Crippen molar-refractivity contribution in [1.82, 2.24) is 9.80 Å². The number of urea groups is 1. The van der Waals surface area contributed by atoms with E-state index in [-0.39, 0.29) is 18.5 Å². The van der Waals surface area contributed by atoms with Gasteiger partial charge in [-0.3, -0.25) is 4.79 Å². The van der Waals surface area contributed by atoms with Crippen molar-refractivity contribution in [3.8, 4) is 0 Å². The van der Waals surface area contributed by atoms with Gasteiger partial charge in [-0.2, -0.15) is 0 Å². The first-order chi connectivity index (χ1) is 9.61. The minimum atomic E-state index is -0.845. The number of methoxy groups -OCH3 is 1. The van der Waals surface area contributed by atoms with Crippen LogP contribution in [-0.2, 0) is 9.53 Å². The molecule has 0 radical (unpaired) electrons. The maximum absolute atomic E-state index is 12.5. The van der Waals surface area contributed by atoms with Gasteiger partial charge in [0.05, 0.1) is 6.42 Å². The summed E-state index contributed by atoms with van der Waals surface area (Å²) in [5.74, 6) is -0.306. The molecule has 0 atom stereocenters. The van der Waals surface area contributed by atoms with E-state index in [1.54, 1.807) is 12.0 Å². The molecule has 0 unspecified atom stereocenters. The van der Waals surface area contributed by atoms with Gasteiger partial charge in [0.2, 0.25) is 0 Å². The molecule has 0 bridgehead atoms. The van der Waals surface area contributed by atoms with E-state index in [1.165, 1.54) is 0 Å². The summed E-state index contributed by atoms with van der Waals surface area (Å²) < 4.78 is 5.16. The SMILES string of the molecule is COCC1CCN(C(=O)N(CCC(=O)O)C2CC2)CC1. The van der Waals surface area contributed by atoms with Crippen LogP contribution in [0.1, 0.15) is 32.1 Å². The second-order valence-electron chi connectivity index (χ2n) is 5.74. The maximum Gasteiger partial charge on any atom is 0.320 e. The Bertz CT molecular complexity index is 349. The summed E-state index contributed by atoms with van der Waals surface area (Å²) in [5.41, 5.74) is 0. The van der Waals surface area contributed by atoms with Crippen LogP contribution < -0.4 is 0 Å². The largest absolute Gasteiger partial charge is 0.481 e. The van der Waals surface area contributed by atoms with Gasteiger partial charge in [-0.1, -0.05) is 0 Å². The van der Waals surface area contributed by atoms with E-state index >= 15 is 0 Å². The molecule has 1 aliphatic carbocycles. The Hall–Kier alpha value is -1.30. The molecule has 0 aromatic carbocycles. The summed E-state index contributed by atoms with van der Waals surface area (Å²) >= 11 is 0. The number of aliphatic carboxylic acids is 1. The Morgan fingerprint density at radius 3 is 2.40 bits per heavy atom. The number of hydrogen-bond donors (Lipinski definition) is 1. The molecule has 2 aliphatic rings. The topological polar surface area (TPSA) is 70.1 Å². The molecule has 1 aliphatic heterocycles. The van der Waals surface area contributed by atoms with Crippen molar-refractivity contribution in [3.05, 3.63) is 0 Å². The molecule has 6 nitrogen and oxygen atoms in total. The molecule has 6 heteroatoms. The fourth-order valence-corrected chi connectivity index (χ4v) is 2.74. The Morgan fingerprint density at radius 1 is 1.25 bits per heavy atom. The van der Waals surface area contributed by atoms with Crippen LogP contribution >= 0.6 is 0 Å². The summed E-state index contributed by atoms with van der Waals surface area (Å²) in [4.78, 5) is 26.8. The van der Waals surface area contributed by atoms with Gasteiger partial charge in [0.25, 0.3) is 0 Å². The Kier molecular flexibility index (Phi) is 5.23. The average molecular weight is 284 g/mol. The van der Waals surface area contributed by atoms with Gasteiger partial charge >= 0.3 is 12.0 Å². The van der Waals surface area contributed by atoms with E-state index in [0.717, 1.165) is 45.4 Å². The van der Waals surface area contributed by atoms with Crippen LogP contribution in [-0.4, -0.2) is 66.3 Å². The van der Waals surface area contributed by atoms with Gasteiger partial charge in [-0.15, -0.1) is 0 Å². The number of carboxylic acids is 1. The second-order valence-corrected chi connectivity index (χ2v) is 5.74. The normalized spacial score (nSPS) is 19.9. The first-order valence-electron chi connectivity index (χ1n) is 7.38. The van der Waals surface area contributed by atoms with Crippen molar-refractivity contribution in [3.63, 3.8) is 0 Å². The first-order valence-corrected chi connectivity index (χ1v) is 7.38. The van der Waals surface area contributed by atoms with Crippen LogP contribution in [0.3, 0.4) is 0 Å². The highest BCUT2D eigenvalue weighted by atomic mass is 16.5. The van der Waals surface area contributed by atoms with Crippen molar-refractivity contribution >= 4 is 12.0 Å². The van der Waals surface area contributed by atoms with Crippen LogP contribution in [0, 0.1) is 5.92 Å². The number of carbonyl (C=O) groups excluding carboxylic acids is 1. The van der Waals surface area contributed by atoms with E-state index < -0.39 is 5.97 Å². The van der Waals surface area contributed by atoms with Crippen LogP contribution in [0.15, 0.2) is 0 Å². The van der Waals surface area contributed by atoms with Crippen LogP contribution in [0.5, 0.6) is 0 Å². The number of likely N-dealkylation sites (tertiary alicyclic amines) is 1. The monoisotopic (exact) mass is 284 g/mol. The molecule has 0 aromatic rings. The fourth-order valence-electron chi connectivity index (χ4n) is 2.74. The number of nitrogens with zero attached hydrogens (tertiary/aromatic N) is 2. The predicted octanol–water partition coefficient (Wildman–Crippen LogP) is 1.40. The van der Waals surface area contributed by atoms with Gasteiger partial charge in [-0.25, -0.2) is 4.79 Å². The maximum atomic E-state index is 12.5. The molecule has 1 N–H and O–H groups in total. The molecule has 2 fully saturated rings. The molecule has 114 valence electrons. The summed E-state index contributed by atoms with van der Waals surface area (Å²) in [7, 11) is 1.71. The molecule has 2 rings (SSSR count). The predicted molar refractivity (Wildman–Crippen MR) is 73.5 cm³/mol. The molecule has 2 amide bonds. The van der Waals surface area contributed by atoms with Gasteiger partial charge in [0.1, 0.15) is 0 Å². The van der Waals surface area contributed by atoms with Crippen molar-refractivity contribution in [2.75, 3.05) is 33.4 Å². The number of carbonyl (C=O) groups is 2. The summed E-state index contributed by atoms with van der Waals surface area (Å²) in [5, 5.41) is 8.78. The van der Waals surface area contributed by atoms with E-state index in [0.29, 0.717) is 12.5 Å². The molecule has 0 spiro atoms. The zero-order valence-electron chi connectivity index (χ0n) is 12.1. The fraction of sp³-hybridized carbons (Fsp3) is 0.857. The van der Waals surface area contributed by atoms with Crippen molar-refractivity contribution < 1.29 is 19.4 Å². The van der Waals surface area contributed by atoms with Gasteiger partial charge in [0.15, 0.2) is 0 Å². The number of amides is 2. The zero-order valence-corrected chi connectivity index (χ0v) is 12.1. The molecule has 1 saturated carbocycles. The quantitative estimate of drug-likeness (QED) is 0.800. The Balaban J connectivity index is 1.83. The highest BCUT2D eigenvalue weighted by Gasteiger charge is 2.35. The standard InChI is InChI=1S/C14H24N2O4/c1-20-10-11-4-7-15(8-5-11)14(19)16(12-2-3-12)9-6-13(17)18/h11-12H,2-10H2,1H3,(H,17,18). The number of hydrogen-bond acceptors (Lipinski definition) is 3. The highest BCUT2D eigenvalue weighted by molar-refractivity contribution is 5.76. The molecule has 1 saturated heterocycles. The van der Waals surface area contributed by atoms with E-state index in [2.05, 4.69) is 0 Å². The highest BCUT2D eigenvalue weighted by Crippen LogP contribution is 2.29. The van der Waals surface area contributed by atoms with Gasteiger partial charge < -0.3 is 19.6 Å². The molecule has 20 heavy (non-hydrogen) atoms. The van der Waals surface area contributed by atoms with Crippen molar-refractivity contribution in [2.45, 2.75) is 38.1 Å². The smallest absolute Gasteiger partial charge is 0.320 e. The van der Waals surface area contributed by atoms with Gasteiger partial charge in [-0.05, 0) is 31.6 Å². The van der Waals surface area contributed by atoms with Crippen molar-refractivity contribution in [2.24, 2.45) is 5.92 Å². The minimum Gasteiger partial charge on any atom is -0.481 e. The van der Waals surface area contributed by atoms with Crippen molar-refractivity contribution in [1.29, 1.82) is 0 Å². The molecular formula is C14H24N2O4. The van der Waals surface area contributed by atoms with Crippen LogP contribution in [0.25, 0.3) is 0 Å². The second kappa shape index (κ2) is 6.92. The number of ether oxygens (including phenoxy) is 1. The Morgan fingerprint density at radius 2 is 1.90 bits per heavy atom. The Labute approximate surface area is 119 Å². The van der Waals surface area contributed by atoms with E-state index in [1.807, 2.05) is 4.90 Å².